The van der Waals surface area contributed by atoms with Gasteiger partial charge in [-0.3, -0.25) is 0 Å². The van der Waals surface area contributed by atoms with Crippen LogP contribution < -0.4 is 0 Å². The van der Waals surface area contributed by atoms with E-state index in [1.54, 1.807) is 5.70 Å². The second-order valence-corrected chi connectivity index (χ2v) is 4.44. The highest BCUT2D eigenvalue weighted by atomic mass is 15.2. The maximum Gasteiger partial charge on any atom is 0.0181 e. The lowest BCUT2D eigenvalue weighted by atomic mass is 9.97. The first kappa shape index (κ1) is 9.82. The normalized spacial score (nSPS) is 25.1. The maximum absolute atomic E-state index is 2.60. The maximum atomic E-state index is 2.60. The molecule has 1 heterocycles. The Morgan fingerprint density at radius 2 is 2.36 bits per heavy atom. The number of rotatable bonds is 4. The predicted molar refractivity (Wildman–Crippen MR) is 61.0 cm³/mol. The van der Waals surface area contributed by atoms with E-state index in [1.807, 2.05) is 0 Å². The van der Waals surface area contributed by atoms with Gasteiger partial charge in [0.1, 0.15) is 0 Å². The second kappa shape index (κ2) is 4.68. The third-order valence-corrected chi connectivity index (χ3v) is 3.39. The summed E-state index contributed by atoms with van der Waals surface area (Å²) < 4.78 is 0. The van der Waals surface area contributed by atoms with Crippen LogP contribution in [0.1, 0.15) is 39.0 Å². The molecule has 0 amide bonds. The minimum atomic E-state index is 0.849. The minimum absolute atomic E-state index is 0.849. The van der Waals surface area contributed by atoms with Crippen LogP contribution in [0, 0.1) is 5.92 Å². The monoisotopic (exact) mass is 191 g/mol. The van der Waals surface area contributed by atoms with Gasteiger partial charge < -0.3 is 4.90 Å². The zero-order valence-corrected chi connectivity index (χ0v) is 9.21. The van der Waals surface area contributed by atoms with Gasteiger partial charge in [0, 0.05) is 24.7 Å². The molecule has 2 aliphatic rings. The van der Waals surface area contributed by atoms with Crippen LogP contribution in [-0.4, -0.2) is 18.0 Å². The standard InChI is InChI=1S/C13H21N/c1-2-3-6-10-14-11-9-12-7-4-5-8-13(12)14/h4-5,8,12H,2-3,6-7,9-11H2,1H3. The molecule has 0 bridgehead atoms. The molecule has 1 nitrogen and oxygen atoms in total. The quantitative estimate of drug-likeness (QED) is 0.616. The van der Waals surface area contributed by atoms with E-state index in [4.69, 9.17) is 0 Å². The number of fused-ring (bicyclic) bond motifs is 1. The molecule has 1 heteroatoms. The lowest BCUT2D eigenvalue weighted by Crippen LogP contribution is -2.20. The third-order valence-electron chi connectivity index (χ3n) is 3.39. The molecule has 14 heavy (non-hydrogen) atoms. The van der Waals surface area contributed by atoms with E-state index in [0.717, 1.165) is 5.92 Å². The summed E-state index contributed by atoms with van der Waals surface area (Å²) in [6.45, 7) is 4.85. The van der Waals surface area contributed by atoms with E-state index < -0.39 is 0 Å². The summed E-state index contributed by atoms with van der Waals surface area (Å²) in [5.41, 5.74) is 1.61. The van der Waals surface area contributed by atoms with Crippen LogP contribution in [0.15, 0.2) is 23.9 Å². The van der Waals surface area contributed by atoms with E-state index in [0.29, 0.717) is 0 Å². The topological polar surface area (TPSA) is 3.24 Å². The van der Waals surface area contributed by atoms with Crippen molar-refractivity contribution in [1.29, 1.82) is 0 Å². The molecule has 0 saturated carbocycles. The van der Waals surface area contributed by atoms with Crippen molar-refractivity contribution in [3.63, 3.8) is 0 Å². The van der Waals surface area contributed by atoms with Crippen molar-refractivity contribution >= 4 is 0 Å². The van der Waals surface area contributed by atoms with E-state index in [-0.39, 0.29) is 0 Å². The van der Waals surface area contributed by atoms with Crippen LogP contribution in [0.4, 0.5) is 0 Å². The number of likely N-dealkylation sites (tertiary alicyclic amines) is 1. The van der Waals surface area contributed by atoms with Crippen molar-refractivity contribution in [3.05, 3.63) is 23.9 Å². The molecule has 0 N–H and O–H groups in total. The summed E-state index contributed by atoms with van der Waals surface area (Å²) in [5, 5.41) is 0. The van der Waals surface area contributed by atoms with Crippen molar-refractivity contribution in [2.45, 2.75) is 39.0 Å². The number of hydrogen-bond donors (Lipinski definition) is 0. The fourth-order valence-electron chi connectivity index (χ4n) is 2.53. The molecule has 0 radical (unpaired) electrons. The Hall–Kier alpha value is -0.720. The van der Waals surface area contributed by atoms with Gasteiger partial charge in [0.05, 0.1) is 0 Å². The molecular weight excluding hydrogens is 170 g/mol. The summed E-state index contributed by atoms with van der Waals surface area (Å²) in [6, 6.07) is 0. The fraction of sp³-hybridized carbons (Fsp3) is 0.692. The molecule has 2 rings (SSSR count). The molecule has 1 fully saturated rings. The van der Waals surface area contributed by atoms with Crippen LogP contribution in [0.3, 0.4) is 0 Å². The summed E-state index contributed by atoms with van der Waals surface area (Å²) in [6.07, 6.45) is 13.6. The zero-order chi connectivity index (χ0) is 9.80. The number of unbranched alkanes of at least 4 members (excludes halogenated alkanes) is 2. The highest BCUT2D eigenvalue weighted by Crippen LogP contribution is 2.33. The summed E-state index contributed by atoms with van der Waals surface area (Å²) in [5.74, 6) is 0.849. The first-order valence-corrected chi connectivity index (χ1v) is 6.03. The van der Waals surface area contributed by atoms with Crippen LogP contribution in [0.5, 0.6) is 0 Å². The van der Waals surface area contributed by atoms with Gasteiger partial charge in [-0.2, -0.15) is 0 Å². The van der Waals surface area contributed by atoms with E-state index in [9.17, 15) is 0 Å². The van der Waals surface area contributed by atoms with E-state index >= 15 is 0 Å². The van der Waals surface area contributed by atoms with E-state index in [1.165, 1.54) is 45.2 Å². The molecule has 1 atom stereocenters. The molecule has 0 spiro atoms. The molecule has 0 aromatic rings. The average molecular weight is 191 g/mol. The molecule has 1 unspecified atom stereocenters. The van der Waals surface area contributed by atoms with Gasteiger partial charge in [-0.05, 0) is 25.3 Å². The Balaban J connectivity index is 1.87. The molecule has 1 aliphatic heterocycles. The zero-order valence-electron chi connectivity index (χ0n) is 9.21. The van der Waals surface area contributed by atoms with Crippen molar-refractivity contribution < 1.29 is 0 Å². The van der Waals surface area contributed by atoms with Crippen molar-refractivity contribution in [1.82, 2.24) is 4.90 Å². The second-order valence-electron chi connectivity index (χ2n) is 4.44. The van der Waals surface area contributed by atoms with Gasteiger partial charge in [0.15, 0.2) is 0 Å². The third kappa shape index (κ3) is 2.02. The summed E-state index contributed by atoms with van der Waals surface area (Å²) >= 11 is 0. The number of nitrogens with zero attached hydrogens (tertiary/aromatic N) is 1. The molecule has 0 aromatic carbocycles. The average Bonchev–Trinajstić information content (AvgIpc) is 2.63. The van der Waals surface area contributed by atoms with Crippen LogP contribution in [-0.2, 0) is 0 Å². The van der Waals surface area contributed by atoms with Crippen molar-refractivity contribution in [2.24, 2.45) is 5.92 Å². The van der Waals surface area contributed by atoms with Gasteiger partial charge in [0.25, 0.3) is 0 Å². The largest absolute Gasteiger partial charge is 0.375 e. The Morgan fingerprint density at radius 1 is 1.43 bits per heavy atom. The molecule has 0 aromatic heterocycles. The Kier molecular flexibility index (Phi) is 3.28. The Morgan fingerprint density at radius 3 is 3.21 bits per heavy atom. The van der Waals surface area contributed by atoms with Crippen LogP contribution >= 0.6 is 0 Å². The minimum Gasteiger partial charge on any atom is -0.375 e. The highest BCUT2D eigenvalue weighted by Gasteiger charge is 2.26. The van der Waals surface area contributed by atoms with Gasteiger partial charge >= 0.3 is 0 Å². The number of allylic oxidation sites excluding steroid dienone is 4. The predicted octanol–water partition coefficient (Wildman–Crippen LogP) is 3.34. The molecular formula is C13H21N. The van der Waals surface area contributed by atoms with E-state index in [2.05, 4.69) is 30.1 Å². The van der Waals surface area contributed by atoms with Crippen LogP contribution in [0.2, 0.25) is 0 Å². The SMILES string of the molecule is CCCCCN1CCC2CC=CC=C21. The highest BCUT2D eigenvalue weighted by molar-refractivity contribution is 5.22. The summed E-state index contributed by atoms with van der Waals surface area (Å²) in [4.78, 5) is 2.60. The fourth-order valence-corrected chi connectivity index (χ4v) is 2.53. The molecule has 1 aliphatic carbocycles. The smallest absolute Gasteiger partial charge is 0.0181 e. The lowest BCUT2D eigenvalue weighted by Gasteiger charge is -2.23. The molecule has 78 valence electrons. The van der Waals surface area contributed by atoms with Gasteiger partial charge in [0.2, 0.25) is 0 Å². The molecule has 1 saturated heterocycles. The van der Waals surface area contributed by atoms with Gasteiger partial charge in [-0.15, -0.1) is 0 Å². The first-order valence-electron chi connectivity index (χ1n) is 6.03. The first-order chi connectivity index (χ1) is 6.92. The van der Waals surface area contributed by atoms with Crippen molar-refractivity contribution in [3.8, 4) is 0 Å². The van der Waals surface area contributed by atoms with Gasteiger partial charge in [-0.1, -0.05) is 31.9 Å². The Bertz CT molecular complexity index is 240. The Labute approximate surface area is 87.5 Å². The van der Waals surface area contributed by atoms with Gasteiger partial charge in [-0.25, -0.2) is 0 Å². The number of hydrogen-bond acceptors (Lipinski definition) is 1. The lowest BCUT2D eigenvalue weighted by molar-refractivity contribution is 0.375. The van der Waals surface area contributed by atoms with Crippen molar-refractivity contribution in [2.75, 3.05) is 13.1 Å². The van der Waals surface area contributed by atoms with Crippen LogP contribution in [0.25, 0.3) is 0 Å². The summed E-state index contributed by atoms with van der Waals surface area (Å²) in [7, 11) is 0.